The molecule has 0 bridgehead atoms. The average molecular weight is 319 g/mol. The van der Waals surface area contributed by atoms with Crippen LogP contribution < -0.4 is 4.74 Å². The van der Waals surface area contributed by atoms with E-state index in [1.165, 1.54) is 12.1 Å². The standard InChI is InChI=1S/C15H20F3NO3/c16-15(17,18)22-13-3-1-2-11(8-13)9-19-6-4-12(5-7-19)14(21)10-20/h1-3,8,12,14,20-21H,4-7,9-10H2. The van der Waals surface area contributed by atoms with Gasteiger partial charge in [-0.2, -0.15) is 0 Å². The minimum atomic E-state index is -4.68. The van der Waals surface area contributed by atoms with Crippen LogP contribution in [0.2, 0.25) is 0 Å². The molecule has 2 N–H and O–H groups in total. The van der Waals surface area contributed by atoms with Gasteiger partial charge in [-0.15, -0.1) is 13.2 Å². The van der Waals surface area contributed by atoms with E-state index in [1.54, 1.807) is 12.1 Å². The number of aliphatic hydroxyl groups excluding tert-OH is 2. The molecule has 7 heteroatoms. The molecule has 1 heterocycles. The van der Waals surface area contributed by atoms with E-state index in [0.29, 0.717) is 6.54 Å². The number of hydrogen-bond acceptors (Lipinski definition) is 4. The van der Waals surface area contributed by atoms with Crippen molar-refractivity contribution in [1.29, 1.82) is 0 Å². The molecule has 124 valence electrons. The summed E-state index contributed by atoms with van der Waals surface area (Å²) < 4.78 is 40.5. The van der Waals surface area contributed by atoms with Crippen LogP contribution in [0.1, 0.15) is 18.4 Å². The molecule has 0 spiro atoms. The predicted molar refractivity (Wildman–Crippen MR) is 74.2 cm³/mol. The van der Waals surface area contributed by atoms with Crippen molar-refractivity contribution in [2.45, 2.75) is 31.9 Å². The Kier molecular flexibility index (Phi) is 5.66. The lowest BCUT2D eigenvalue weighted by Gasteiger charge is -2.33. The highest BCUT2D eigenvalue weighted by molar-refractivity contribution is 5.28. The summed E-state index contributed by atoms with van der Waals surface area (Å²) in [5, 5.41) is 18.6. The summed E-state index contributed by atoms with van der Waals surface area (Å²) >= 11 is 0. The fourth-order valence-electron chi connectivity index (χ4n) is 2.74. The first-order chi connectivity index (χ1) is 10.4. The van der Waals surface area contributed by atoms with Crippen molar-refractivity contribution in [2.75, 3.05) is 19.7 Å². The van der Waals surface area contributed by atoms with E-state index in [1.807, 2.05) is 0 Å². The molecule has 0 aliphatic carbocycles. The van der Waals surface area contributed by atoms with Crippen LogP contribution in [-0.2, 0) is 6.54 Å². The van der Waals surface area contributed by atoms with Crippen molar-refractivity contribution in [3.63, 3.8) is 0 Å². The monoisotopic (exact) mass is 319 g/mol. The zero-order chi connectivity index (χ0) is 16.2. The molecule has 1 atom stereocenters. The van der Waals surface area contributed by atoms with Gasteiger partial charge in [-0.05, 0) is 49.5 Å². The van der Waals surface area contributed by atoms with Crippen molar-refractivity contribution in [2.24, 2.45) is 5.92 Å². The Hall–Kier alpha value is -1.31. The van der Waals surface area contributed by atoms with Gasteiger partial charge in [0.05, 0.1) is 12.7 Å². The van der Waals surface area contributed by atoms with Crippen molar-refractivity contribution < 1.29 is 28.1 Å². The molecule has 2 rings (SSSR count). The van der Waals surface area contributed by atoms with Crippen molar-refractivity contribution in [3.8, 4) is 5.75 Å². The van der Waals surface area contributed by atoms with Gasteiger partial charge in [-0.3, -0.25) is 4.90 Å². The van der Waals surface area contributed by atoms with E-state index in [4.69, 9.17) is 5.11 Å². The Balaban J connectivity index is 1.88. The number of halogens is 3. The number of hydrogen-bond donors (Lipinski definition) is 2. The quantitative estimate of drug-likeness (QED) is 0.873. The van der Waals surface area contributed by atoms with E-state index >= 15 is 0 Å². The van der Waals surface area contributed by atoms with E-state index in [9.17, 15) is 18.3 Å². The van der Waals surface area contributed by atoms with Gasteiger partial charge in [0.25, 0.3) is 0 Å². The van der Waals surface area contributed by atoms with Gasteiger partial charge >= 0.3 is 6.36 Å². The van der Waals surface area contributed by atoms with Crippen LogP contribution in [0.25, 0.3) is 0 Å². The molecule has 1 saturated heterocycles. The summed E-state index contributed by atoms with van der Waals surface area (Å²) in [5.41, 5.74) is 0.753. The second-order valence-corrected chi connectivity index (χ2v) is 5.56. The van der Waals surface area contributed by atoms with Gasteiger partial charge < -0.3 is 14.9 Å². The average Bonchev–Trinajstić information content (AvgIpc) is 2.46. The molecule has 0 radical (unpaired) electrons. The number of aliphatic hydroxyl groups is 2. The maximum atomic E-state index is 12.2. The van der Waals surface area contributed by atoms with Gasteiger partial charge in [-0.1, -0.05) is 12.1 Å². The fourth-order valence-corrected chi connectivity index (χ4v) is 2.74. The summed E-state index contributed by atoms with van der Waals surface area (Å²) in [4.78, 5) is 2.12. The normalized spacial score (nSPS) is 19.1. The lowest BCUT2D eigenvalue weighted by atomic mass is 9.91. The molecule has 0 saturated carbocycles. The van der Waals surface area contributed by atoms with Crippen LogP contribution in [0, 0.1) is 5.92 Å². The summed E-state index contributed by atoms with van der Waals surface area (Å²) in [7, 11) is 0. The summed E-state index contributed by atoms with van der Waals surface area (Å²) in [6.07, 6.45) is -3.84. The number of piperidine rings is 1. The van der Waals surface area contributed by atoms with Gasteiger partial charge in [-0.25, -0.2) is 0 Å². The maximum Gasteiger partial charge on any atom is 0.573 e. The van der Waals surface area contributed by atoms with Gasteiger partial charge in [0, 0.05) is 6.54 Å². The fraction of sp³-hybridized carbons (Fsp3) is 0.600. The second-order valence-electron chi connectivity index (χ2n) is 5.56. The van der Waals surface area contributed by atoms with Crippen molar-refractivity contribution in [1.82, 2.24) is 4.90 Å². The summed E-state index contributed by atoms with van der Waals surface area (Å²) in [6, 6.07) is 5.97. The van der Waals surface area contributed by atoms with Crippen LogP contribution in [0.4, 0.5) is 13.2 Å². The highest BCUT2D eigenvalue weighted by Crippen LogP contribution is 2.25. The molecular formula is C15H20F3NO3. The lowest BCUT2D eigenvalue weighted by Crippen LogP contribution is -2.38. The molecular weight excluding hydrogens is 299 g/mol. The smallest absolute Gasteiger partial charge is 0.406 e. The third-order valence-corrected chi connectivity index (χ3v) is 3.90. The summed E-state index contributed by atoms with van der Waals surface area (Å²) in [5.74, 6) is -0.128. The largest absolute Gasteiger partial charge is 0.573 e. The molecule has 1 fully saturated rings. The van der Waals surface area contributed by atoms with Crippen LogP contribution >= 0.6 is 0 Å². The Labute approximate surface area is 127 Å². The molecule has 22 heavy (non-hydrogen) atoms. The molecule has 0 aromatic heterocycles. The Morgan fingerprint density at radius 3 is 2.55 bits per heavy atom. The predicted octanol–water partition coefficient (Wildman–Crippen LogP) is 2.15. The minimum Gasteiger partial charge on any atom is -0.406 e. The number of alkyl halides is 3. The zero-order valence-electron chi connectivity index (χ0n) is 12.1. The number of likely N-dealkylation sites (tertiary alicyclic amines) is 1. The molecule has 1 aliphatic rings. The van der Waals surface area contributed by atoms with E-state index in [0.717, 1.165) is 31.5 Å². The molecule has 1 aliphatic heterocycles. The van der Waals surface area contributed by atoms with E-state index < -0.39 is 12.5 Å². The van der Waals surface area contributed by atoms with Crippen LogP contribution in [0.5, 0.6) is 5.75 Å². The van der Waals surface area contributed by atoms with E-state index in [2.05, 4.69) is 9.64 Å². The third-order valence-electron chi connectivity index (χ3n) is 3.90. The Morgan fingerprint density at radius 1 is 1.27 bits per heavy atom. The van der Waals surface area contributed by atoms with Gasteiger partial charge in [0.2, 0.25) is 0 Å². The maximum absolute atomic E-state index is 12.2. The van der Waals surface area contributed by atoms with E-state index in [-0.39, 0.29) is 18.3 Å². The third kappa shape index (κ3) is 5.15. The molecule has 1 aromatic rings. The zero-order valence-corrected chi connectivity index (χ0v) is 12.1. The Morgan fingerprint density at radius 2 is 1.95 bits per heavy atom. The topological polar surface area (TPSA) is 52.9 Å². The number of rotatable bonds is 5. The first kappa shape index (κ1) is 17.1. The molecule has 1 unspecified atom stereocenters. The van der Waals surface area contributed by atoms with Crippen LogP contribution in [-0.4, -0.2) is 47.3 Å². The minimum absolute atomic E-state index is 0.0844. The Bertz CT molecular complexity index is 473. The first-order valence-electron chi connectivity index (χ1n) is 7.23. The summed E-state index contributed by atoms with van der Waals surface area (Å²) in [6.45, 7) is 1.79. The van der Waals surface area contributed by atoms with Gasteiger partial charge in [0.1, 0.15) is 5.75 Å². The number of benzene rings is 1. The van der Waals surface area contributed by atoms with Gasteiger partial charge in [0.15, 0.2) is 0 Å². The van der Waals surface area contributed by atoms with Crippen LogP contribution in [0.15, 0.2) is 24.3 Å². The molecule has 1 aromatic carbocycles. The highest BCUT2D eigenvalue weighted by atomic mass is 19.4. The second kappa shape index (κ2) is 7.30. The highest BCUT2D eigenvalue weighted by Gasteiger charge is 2.31. The van der Waals surface area contributed by atoms with Crippen molar-refractivity contribution >= 4 is 0 Å². The molecule has 0 amide bonds. The first-order valence-corrected chi connectivity index (χ1v) is 7.23. The van der Waals surface area contributed by atoms with Crippen LogP contribution in [0.3, 0.4) is 0 Å². The SMILES string of the molecule is OCC(O)C1CCN(Cc2cccc(OC(F)(F)F)c2)CC1. The molecule has 4 nitrogen and oxygen atoms in total. The number of ether oxygens (including phenoxy) is 1. The lowest BCUT2D eigenvalue weighted by molar-refractivity contribution is -0.274. The number of nitrogens with zero attached hydrogens (tertiary/aromatic N) is 1. The van der Waals surface area contributed by atoms with Crippen molar-refractivity contribution in [3.05, 3.63) is 29.8 Å².